The van der Waals surface area contributed by atoms with Crippen molar-refractivity contribution in [2.45, 2.75) is 0 Å². The molecule has 174 valence electrons. The van der Waals surface area contributed by atoms with E-state index >= 15 is 0 Å². The molecule has 7 heteroatoms. The van der Waals surface area contributed by atoms with Crippen molar-refractivity contribution >= 4 is 17.9 Å². The Balaban J connectivity index is 1.94. The number of hydrogen-bond donors (Lipinski definition) is 3. The summed E-state index contributed by atoms with van der Waals surface area (Å²) in [6, 6.07) is 23.0. The summed E-state index contributed by atoms with van der Waals surface area (Å²) in [6.07, 6.45) is 0. The summed E-state index contributed by atoms with van der Waals surface area (Å²) in [6.45, 7) is 0. The molecule has 0 saturated heterocycles. The number of aromatic carboxylic acids is 3. The van der Waals surface area contributed by atoms with Crippen LogP contribution in [0.5, 0.6) is 5.75 Å². The summed E-state index contributed by atoms with van der Waals surface area (Å²) in [5.74, 6) is -2.56. The highest BCUT2D eigenvalue weighted by Crippen LogP contribution is 2.42. The van der Waals surface area contributed by atoms with Crippen LogP contribution in [0.15, 0.2) is 84.9 Å². The van der Waals surface area contributed by atoms with Gasteiger partial charge in [-0.3, -0.25) is 0 Å². The molecular formula is C28H20O7. The van der Waals surface area contributed by atoms with Gasteiger partial charge in [0.15, 0.2) is 0 Å². The fraction of sp³-hybridized carbons (Fsp3) is 0.0357. The molecule has 0 atom stereocenters. The largest absolute Gasteiger partial charge is 0.495 e. The van der Waals surface area contributed by atoms with Crippen LogP contribution in [-0.2, 0) is 0 Å². The van der Waals surface area contributed by atoms with Gasteiger partial charge in [-0.05, 0) is 70.8 Å². The first-order valence-electron chi connectivity index (χ1n) is 10.5. The molecular weight excluding hydrogens is 448 g/mol. The summed E-state index contributed by atoms with van der Waals surface area (Å²) in [5, 5.41) is 27.7. The molecule has 0 aliphatic rings. The molecule has 35 heavy (non-hydrogen) atoms. The van der Waals surface area contributed by atoms with Gasteiger partial charge in [0.25, 0.3) is 0 Å². The molecule has 3 N–H and O–H groups in total. The fourth-order valence-corrected chi connectivity index (χ4v) is 3.83. The fourth-order valence-electron chi connectivity index (χ4n) is 3.83. The van der Waals surface area contributed by atoms with Gasteiger partial charge in [0.05, 0.1) is 23.8 Å². The van der Waals surface area contributed by atoms with E-state index < -0.39 is 17.9 Å². The maximum atomic E-state index is 11.3. The van der Waals surface area contributed by atoms with E-state index in [1.165, 1.54) is 43.5 Å². The molecule has 0 spiro atoms. The van der Waals surface area contributed by atoms with Gasteiger partial charge in [-0.15, -0.1) is 0 Å². The lowest BCUT2D eigenvalue weighted by molar-refractivity contribution is 0.0686. The minimum absolute atomic E-state index is 0.151. The van der Waals surface area contributed by atoms with Crippen molar-refractivity contribution in [1.29, 1.82) is 0 Å². The van der Waals surface area contributed by atoms with Gasteiger partial charge < -0.3 is 20.1 Å². The molecule has 0 amide bonds. The highest BCUT2D eigenvalue weighted by atomic mass is 16.5. The lowest BCUT2D eigenvalue weighted by atomic mass is 9.91. The quantitative estimate of drug-likeness (QED) is 0.314. The van der Waals surface area contributed by atoms with Crippen molar-refractivity contribution in [1.82, 2.24) is 0 Å². The lowest BCUT2D eigenvalue weighted by Crippen LogP contribution is -1.98. The standard InChI is InChI=1S/C28H20O7/c1-35-25-23(17-4-10-20(11-5-17)27(31)32)14-22(16-2-8-19(9-3-16)26(29)30)15-24(25)18-6-12-21(13-7-18)28(33)34/h2-15H,1H3,(H,29,30)(H,31,32)(H,33,34). The number of carboxylic acid groups (broad SMARTS) is 3. The normalized spacial score (nSPS) is 10.5. The Kier molecular flexibility index (Phi) is 6.33. The monoisotopic (exact) mass is 468 g/mol. The van der Waals surface area contributed by atoms with Crippen LogP contribution in [0.25, 0.3) is 33.4 Å². The zero-order valence-corrected chi connectivity index (χ0v) is 18.6. The Bertz CT molecular complexity index is 1340. The first-order chi connectivity index (χ1) is 16.8. The summed E-state index contributed by atoms with van der Waals surface area (Å²) in [7, 11) is 1.53. The molecule has 0 fully saturated rings. The maximum absolute atomic E-state index is 11.3. The zero-order valence-electron chi connectivity index (χ0n) is 18.6. The van der Waals surface area contributed by atoms with E-state index in [2.05, 4.69) is 0 Å². The molecule has 4 aromatic rings. The molecule has 0 aliphatic carbocycles. The Labute approximate surface area is 200 Å². The van der Waals surface area contributed by atoms with Crippen LogP contribution < -0.4 is 4.74 Å². The summed E-state index contributed by atoms with van der Waals surface area (Å²) < 4.78 is 5.77. The number of ether oxygens (including phenoxy) is 1. The van der Waals surface area contributed by atoms with Crippen LogP contribution in [0, 0.1) is 0 Å². The van der Waals surface area contributed by atoms with Gasteiger partial charge in [-0.1, -0.05) is 36.4 Å². The molecule has 0 aromatic heterocycles. The van der Waals surface area contributed by atoms with E-state index in [-0.39, 0.29) is 16.7 Å². The van der Waals surface area contributed by atoms with Crippen molar-refractivity contribution in [2.75, 3.05) is 7.11 Å². The third kappa shape index (κ3) is 4.74. The molecule has 4 aromatic carbocycles. The van der Waals surface area contributed by atoms with Gasteiger partial charge >= 0.3 is 17.9 Å². The van der Waals surface area contributed by atoms with Crippen LogP contribution in [0.3, 0.4) is 0 Å². The Morgan fingerprint density at radius 1 is 0.514 bits per heavy atom. The van der Waals surface area contributed by atoms with E-state index in [0.717, 1.165) is 22.3 Å². The zero-order chi connectivity index (χ0) is 25.1. The van der Waals surface area contributed by atoms with Gasteiger partial charge in [-0.25, -0.2) is 14.4 Å². The Morgan fingerprint density at radius 2 is 0.829 bits per heavy atom. The minimum Gasteiger partial charge on any atom is -0.495 e. The topological polar surface area (TPSA) is 121 Å². The van der Waals surface area contributed by atoms with Gasteiger partial charge in [-0.2, -0.15) is 0 Å². The first-order valence-corrected chi connectivity index (χ1v) is 10.5. The highest BCUT2D eigenvalue weighted by Gasteiger charge is 2.17. The molecule has 7 nitrogen and oxygen atoms in total. The summed E-state index contributed by atoms with van der Waals surface area (Å²) in [5.41, 5.74) is 4.84. The van der Waals surface area contributed by atoms with Crippen LogP contribution in [0.1, 0.15) is 31.1 Å². The number of carbonyl (C=O) groups is 3. The summed E-state index contributed by atoms with van der Waals surface area (Å²) in [4.78, 5) is 33.8. The van der Waals surface area contributed by atoms with Gasteiger partial charge in [0.2, 0.25) is 0 Å². The second-order valence-corrected chi connectivity index (χ2v) is 7.75. The number of methoxy groups -OCH3 is 1. The maximum Gasteiger partial charge on any atom is 0.335 e. The predicted molar refractivity (Wildman–Crippen MR) is 130 cm³/mol. The average Bonchev–Trinajstić information content (AvgIpc) is 2.88. The van der Waals surface area contributed by atoms with Gasteiger partial charge in [0.1, 0.15) is 5.75 Å². The molecule has 0 heterocycles. The minimum atomic E-state index is -1.03. The van der Waals surface area contributed by atoms with E-state index in [4.69, 9.17) is 4.74 Å². The third-order valence-corrected chi connectivity index (χ3v) is 5.64. The lowest BCUT2D eigenvalue weighted by Gasteiger charge is -2.17. The van der Waals surface area contributed by atoms with E-state index in [0.29, 0.717) is 16.9 Å². The van der Waals surface area contributed by atoms with Crippen molar-refractivity contribution in [3.63, 3.8) is 0 Å². The van der Waals surface area contributed by atoms with Crippen molar-refractivity contribution in [3.8, 4) is 39.1 Å². The van der Waals surface area contributed by atoms with E-state index in [1.54, 1.807) is 36.4 Å². The first kappa shape index (κ1) is 23.3. The van der Waals surface area contributed by atoms with Crippen LogP contribution in [0.4, 0.5) is 0 Å². The van der Waals surface area contributed by atoms with Gasteiger partial charge in [0, 0.05) is 11.1 Å². The second kappa shape index (κ2) is 9.52. The van der Waals surface area contributed by atoms with Crippen molar-refractivity contribution in [2.24, 2.45) is 0 Å². The average molecular weight is 468 g/mol. The Morgan fingerprint density at radius 3 is 1.11 bits per heavy atom. The SMILES string of the molecule is COc1c(-c2ccc(C(=O)O)cc2)cc(-c2ccc(C(=O)O)cc2)cc1-c1ccc(C(=O)O)cc1. The number of carboxylic acids is 3. The Hall–Kier alpha value is -4.91. The van der Waals surface area contributed by atoms with Crippen LogP contribution in [0.2, 0.25) is 0 Å². The molecule has 0 saturated carbocycles. The number of rotatable bonds is 7. The van der Waals surface area contributed by atoms with E-state index in [1.807, 2.05) is 12.1 Å². The third-order valence-electron chi connectivity index (χ3n) is 5.64. The van der Waals surface area contributed by atoms with Crippen molar-refractivity contribution < 1.29 is 34.4 Å². The summed E-state index contributed by atoms with van der Waals surface area (Å²) >= 11 is 0. The smallest absolute Gasteiger partial charge is 0.335 e. The van der Waals surface area contributed by atoms with Crippen LogP contribution in [-0.4, -0.2) is 40.3 Å². The predicted octanol–water partition coefficient (Wildman–Crippen LogP) is 5.79. The number of hydrogen-bond acceptors (Lipinski definition) is 4. The molecule has 4 rings (SSSR count). The van der Waals surface area contributed by atoms with Crippen molar-refractivity contribution in [3.05, 3.63) is 102 Å². The molecule has 0 unspecified atom stereocenters. The van der Waals surface area contributed by atoms with Crippen LogP contribution >= 0.6 is 0 Å². The molecule has 0 bridgehead atoms. The molecule has 0 aliphatic heterocycles. The second-order valence-electron chi connectivity index (χ2n) is 7.75. The van der Waals surface area contributed by atoms with E-state index in [9.17, 15) is 29.7 Å². The highest BCUT2D eigenvalue weighted by molar-refractivity contribution is 5.93. The molecule has 0 radical (unpaired) electrons. The number of benzene rings is 4.